The van der Waals surface area contributed by atoms with Gasteiger partial charge < -0.3 is 14.9 Å². The normalized spacial score (nSPS) is 19.9. The van der Waals surface area contributed by atoms with Gasteiger partial charge in [0.1, 0.15) is 5.82 Å². The average Bonchev–Trinajstić information content (AvgIpc) is 2.74. The summed E-state index contributed by atoms with van der Waals surface area (Å²) in [4.78, 5) is 22.8. The first-order chi connectivity index (χ1) is 16.5. The molecule has 2 heterocycles. The number of carbonyl (C=O) groups is 2. The van der Waals surface area contributed by atoms with Crippen LogP contribution in [0.2, 0.25) is 0 Å². The molecule has 7 nitrogen and oxygen atoms in total. The molecule has 2 fully saturated rings. The van der Waals surface area contributed by atoms with Crippen LogP contribution in [0.5, 0.6) is 0 Å². The van der Waals surface area contributed by atoms with Crippen LogP contribution in [0, 0.1) is 11.7 Å². The number of alkyl halides is 6. The molecule has 0 aliphatic carbocycles. The van der Waals surface area contributed by atoms with Crippen molar-refractivity contribution in [3.63, 3.8) is 0 Å². The van der Waals surface area contributed by atoms with Crippen molar-refractivity contribution in [1.29, 1.82) is 0 Å². The fourth-order valence-electron chi connectivity index (χ4n) is 3.95. The van der Waals surface area contributed by atoms with Gasteiger partial charge in [-0.15, -0.1) is 0 Å². The lowest BCUT2D eigenvalue weighted by Gasteiger charge is -2.58. The summed E-state index contributed by atoms with van der Waals surface area (Å²) in [6.45, 7) is 8.11. The van der Waals surface area contributed by atoms with Gasteiger partial charge in [0.2, 0.25) is 0 Å². The number of carboxylic acid groups (broad SMARTS) is 2. The second kappa shape index (κ2) is 13.2. The highest BCUT2D eigenvalue weighted by Gasteiger charge is 2.49. The van der Waals surface area contributed by atoms with Crippen molar-refractivity contribution in [3.8, 4) is 0 Å². The number of ether oxygens (including phenoxy) is 1. The van der Waals surface area contributed by atoms with E-state index in [2.05, 4.69) is 23.8 Å². The van der Waals surface area contributed by atoms with E-state index in [1.807, 2.05) is 12.1 Å². The fraction of sp³-hybridized carbons (Fsp3) is 0.636. The molecule has 1 spiro atoms. The van der Waals surface area contributed by atoms with Gasteiger partial charge in [0.25, 0.3) is 0 Å². The molecule has 0 amide bonds. The van der Waals surface area contributed by atoms with E-state index in [0.717, 1.165) is 32.8 Å². The first kappa shape index (κ1) is 31.6. The van der Waals surface area contributed by atoms with E-state index in [1.54, 1.807) is 12.1 Å². The number of hydrogen-bond donors (Lipinski definition) is 2. The Labute approximate surface area is 203 Å². The van der Waals surface area contributed by atoms with E-state index in [1.165, 1.54) is 24.9 Å². The van der Waals surface area contributed by atoms with Crippen molar-refractivity contribution in [3.05, 3.63) is 35.6 Å². The lowest BCUT2D eigenvalue weighted by molar-refractivity contribution is -0.193. The predicted octanol–water partition coefficient (Wildman–Crippen LogP) is 4.03. The molecule has 2 aliphatic heterocycles. The zero-order valence-corrected chi connectivity index (χ0v) is 19.7. The smallest absolute Gasteiger partial charge is 0.475 e. The minimum Gasteiger partial charge on any atom is -0.475 e. The SMILES string of the molecule is CCOCC1CCN(C)C2(C1)CN(Cc1ccc(F)cc1)C2.O=C(O)C(F)(F)F.O=C(O)C(F)(F)F. The maximum absolute atomic E-state index is 13.0. The van der Waals surface area contributed by atoms with E-state index in [-0.39, 0.29) is 5.82 Å². The quantitative estimate of drug-likeness (QED) is 0.552. The molecule has 1 aromatic carbocycles. The molecule has 2 N–H and O–H groups in total. The third kappa shape index (κ3) is 10.3. The Bertz CT molecular complexity index is 815. The summed E-state index contributed by atoms with van der Waals surface area (Å²) in [5, 5.41) is 14.2. The molecule has 1 unspecified atom stereocenters. The molecular formula is C22H29F7N2O5. The van der Waals surface area contributed by atoms with Crippen molar-refractivity contribution in [2.24, 2.45) is 5.92 Å². The highest BCUT2D eigenvalue weighted by molar-refractivity contribution is 5.73. The number of piperidine rings is 1. The van der Waals surface area contributed by atoms with Crippen molar-refractivity contribution in [1.82, 2.24) is 9.80 Å². The van der Waals surface area contributed by atoms with Crippen molar-refractivity contribution in [2.45, 2.75) is 44.2 Å². The minimum absolute atomic E-state index is 0.158. The fourth-order valence-corrected chi connectivity index (χ4v) is 3.95. The van der Waals surface area contributed by atoms with Gasteiger partial charge in [-0.3, -0.25) is 9.80 Å². The lowest BCUT2D eigenvalue weighted by atomic mass is 9.75. The molecule has 1 atom stereocenters. The summed E-state index contributed by atoms with van der Waals surface area (Å²) in [6.07, 6.45) is -7.68. The zero-order valence-electron chi connectivity index (χ0n) is 19.7. The Morgan fingerprint density at radius 3 is 1.92 bits per heavy atom. The molecule has 0 saturated carbocycles. The summed E-state index contributed by atoms with van der Waals surface area (Å²) in [6, 6.07) is 6.89. The Morgan fingerprint density at radius 2 is 1.50 bits per heavy atom. The summed E-state index contributed by atoms with van der Waals surface area (Å²) in [5.41, 5.74) is 1.53. The summed E-state index contributed by atoms with van der Waals surface area (Å²) >= 11 is 0. The van der Waals surface area contributed by atoms with Crippen LogP contribution in [0.25, 0.3) is 0 Å². The van der Waals surface area contributed by atoms with Crippen molar-refractivity contribution < 1.29 is 55.3 Å². The molecule has 0 bridgehead atoms. The molecule has 3 rings (SSSR count). The van der Waals surface area contributed by atoms with Crippen LogP contribution < -0.4 is 0 Å². The highest BCUT2D eigenvalue weighted by Crippen LogP contribution is 2.38. The van der Waals surface area contributed by atoms with Crippen LogP contribution in [0.3, 0.4) is 0 Å². The number of likely N-dealkylation sites (N-methyl/N-ethyl adjacent to an activating group) is 1. The zero-order chi connectivity index (χ0) is 27.7. The van der Waals surface area contributed by atoms with E-state index >= 15 is 0 Å². The summed E-state index contributed by atoms with van der Waals surface area (Å²) in [5.74, 6) is -4.97. The topological polar surface area (TPSA) is 90.3 Å². The molecule has 36 heavy (non-hydrogen) atoms. The van der Waals surface area contributed by atoms with E-state index in [4.69, 9.17) is 24.5 Å². The van der Waals surface area contributed by atoms with Gasteiger partial charge in [-0.2, -0.15) is 26.3 Å². The summed E-state index contributed by atoms with van der Waals surface area (Å²) < 4.78 is 82.1. The Morgan fingerprint density at radius 1 is 1.03 bits per heavy atom. The van der Waals surface area contributed by atoms with Crippen LogP contribution in [0.4, 0.5) is 30.7 Å². The number of likely N-dealkylation sites (tertiary alicyclic amines) is 2. The molecular weight excluding hydrogens is 505 g/mol. The Balaban J connectivity index is 0.000000383. The van der Waals surface area contributed by atoms with Crippen LogP contribution in [0.15, 0.2) is 24.3 Å². The number of halogens is 7. The first-order valence-electron chi connectivity index (χ1n) is 10.9. The number of hydrogen-bond acceptors (Lipinski definition) is 5. The molecule has 206 valence electrons. The minimum atomic E-state index is -5.08. The van der Waals surface area contributed by atoms with E-state index in [9.17, 15) is 30.7 Å². The molecule has 0 aromatic heterocycles. The molecule has 2 aliphatic rings. The van der Waals surface area contributed by atoms with Gasteiger partial charge in [0.05, 0.1) is 0 Å². The molecule has 14 heteroatoms. The first-order valence-corrected chi connectivity index (χ1v) is 10.9. The third-order valence-corrected chi connectivity index (χ3v) is 5.75. The predicted molar refractivity (Wildman–Crippen MR) is 114 cm³/mol. The second-order valence-corrected chi connectivity index (χ2v) is 8.54. The van der Waals surface area contributed by atoms with Gasteiger partial charge >= 0.3 is 24.3 Å². The van der Waals surface area contributed by atoms with E-state index in [0.29, 0.717) is 11.5 Å². The van der Waals surface area contributed by atoms with Gasteiger partial charge in [0, 0.05) is 38.4 Å². The molecule has 2 saturated heterocycles. The van der Waals surface area contributed by atoms with Crippen LogP contribution in [-0.2, 0) is 20.9 Å². The number of nitrogens with zero attached hydrogens (tertiary/aromatic N) is 2. The second-order valence-electron chi connectivity index (χ2n) is 8.54. The number of benzene rings is 1. The van der Waals surface area contributed by atoms with Crippen molar-refractivity contribution in [2.75, 3.05) is 39.9 Å². The monoisotopic (exact) mass is 534 g/mol. The van der Waals surface area contributed by atoms with E-state index < -0.39 is 24.3 Å². The van der Waals surface area contributed by atoms with Gasteiger partial charge in [-0.25, -0.2) is 14.0 Å². The Hall–Kier alpha value is -2.45. The molecule has 0 radical (unpaired) electrons. The molecule has 1 aromatic rings. The summed E-state index contributed by atoms with van der Waals surface area (Å²) in [7, 11) is 2.26. The van der Waals surface area contributed by atoms with Crippen LogP contribution >= 0.6 is 0 Å². The number of carboxylic acids is 2. The Kier molecular flexibility index (Phi) is 11.6. The highest BCUT2D eigenvalue weighted by atomic mass is 19.4. The maximum atomic E-state index is 13.0. The van der Waals surface area contributed by atoms with Crippen LogP contribution in [-0.4, -0.2) is 89.7 Å². The van der Waals surface area contributed by atoms with Gasteiger partial charge in [-0.1, -0.05) is 12.1 Å². The average molecular weight is 534 g/mol. The van der Waals surface area contributed by atoms with Crippen molar-refractivity contribution >= 4 is 11.9 Å². The van der Waals surface area contributed by atoms with Crippen LogP contribution in [0.1, 0.15) is 25.3 Å². The largest absolute Gasteiger partial charge is 0.490 e. The maximum Gasteiger partial charge on any atom is 0.490 e. The third-order valence-electron chi connectivity index (χ3n) is 5.75. The van der Waals surface area contributed by atoms with Gasteiger partial charge in [-0.05, 0) is 57.0 Å². The number of aliphatic carboxylic acids is 2. The standard InChI is InChI=1S/C18H27FN2O.2C2HF3O2/c1-3-22-12-16-8-9-20(2)18(10-16)13-21(14-18)11-15-4-6-17(19)7-5-15;2*3-2(4,5)1(6)7/h4-7,16H,3,8-14H2,1-2H3;2*(H,6,7). The lowest BCUT2D eigenvalue weighted by Crippen LogP contribution is -2.71. The van der Waals surface area contributed by atoms with Gasteiger partial charge in [0.15, 0.2) is 0 Å². The number of rotatable bonds is 5.